The van der Waals surface area contributed by atoms with Crippen molar-refractivity contribution in [3.63, 3.8) is 0 Å². The number of aromatic amines is 1. The lowest BCUT2D eigenvalue weighted by Crippen LogP contribution is -2.58. The van der Waals surface area contributed by atoms with Crippen molar-refractivity contribution in [3.8, 4) is 0 Å². The average Bonchev–Trinajstić information content (AvgIpc) is 3.21. The van der Waals surface area contributed by atoms with Gasteiger partial charge in [-0.3, -0.25) is 19.2 Å². The number of hydrogen-bond donors (Lipinski definition) is 9. The minimum atomic E-state index is -1.28. The Hall–Kier alpha value is -2.78. The van der Waals surface area contributed by atoms with E-state index in [1.807, 2.05) is 0 Å². The first-order valence-corrected chi connectivity index (χ1v) is 10.2. The van der Waals surface area contributed by atoms with Crippen LogP contribution in [0.4, 0.5) is 0 Å². The predicted molar refractivity (Wildman–Crippen MR) is 115 cm³/mol. The second-order valence-corrected chi connectivity index (χ2v) is 7.18. The Balaban J connectivity index is 2.73. The van der Waals surface area contributed by atoms with Gasteiger partial charge in [0.05, 0.1) is 18.8 Å². The maximum Gasteiger partial charge on any atom is 0.326 e. The smallest absolute Gasteiger partial charge is 0.326 e. The normalized spacial score (nSPS) is 14.5. The number of imidazole rings is 1. The van der Waals surface area contributed by atoms with Crippen LogP contribution in [0, 0.1) is 0 Å². The summed E-state index contributed by atoms with van der Waals surface area (Å²) < 4.78 is 0. The molecule has 4 atom stereocenters. The van der Waals surface area contributed by atoms with Gasteiger partial charge in [0.1, 0.15) is 18.1 Å². The lowest BCUT2D eigenvalue weighted by molar-refractivity contribution is -0.142. The van der Waals surface area contributed by atoms with E-state index in [0.717, 1.165) is 0 Å². The Morgan fingerprint density at radius 2 is 1.52 bits per heavy atom. The summed E-state index contributed by atoms with van der Waals surface area (Å²) in [4.78, 5) is 65.7. The van der Waals surface area contributed by atoms with Crippen LogP contribution < -0.4 is 27.4 Å². The number of carboxylic acid groups (broad SMARTS) is 1. The van der Waals surface area contributed by atoms with Crippen molar-refractivity contribution in [2.75, 3.05) is 11.5 Å². The molecule has 0 saturated carbocycles. The van der Waals surface area contributed by atoms with E-state index in [4.69, 9.17) is 11.5 Å². The Morgan fingerprint density at radius 1 is 1.00 bits per heavy atom. The summed E-state index contributed by atoms with van der Waals surface area (Å²) in [5, 5.41) is 16.3. The number of carboxylic acids is 1. The standard InChI is InChI=1S/C16H25N7O6S2/c17-8(2-12(18)24)13(25)22-10(4-30)15(27)23-11(5-31)14(26)21-9(16(28)29)1-7-3-19-6-20-7/h3,6,8-11,30-31H,1-2,4-5,17H2,(H2,18,24)(H,19,20)(H,21,26)(H,22,25)(H,23,27)(H,28,29). The molecule has 31 heavy (non-hydrogen) atoms. The van der Waals surface area contributed by atoms with Gasteiger partial charge in [-0.1, -0.05) is 0 Å². The number of rotatable bonds is 13. The molecule has 1 rings (SSSR count). The van der Waals surface area contributed by atoms with Crippen LogP contribution in [0.15, 0.2) is 12.5 Å². The topological polar surface area (TPSA) is 222 Å². The summed E-state index contributed by atoms with van der Waals surface area (Å²) >= 11 is 8.00. The van der Waals surface area contributed by atoms with E-state index in [-0.39, 0.29) is 17.9 Å². The van der Waals surface area contributed by atoms with Gasteiger partial charge in [0.2, 0.25) is 23.6 Å². The van der Waals surface area contributed by atoms with Gasteiger partial charge in [0, 0.05) is 29.8 Å². The van der Waals surface area contributed by atoms with Crippen LogP contribution in [0.1, 0.15) is 12.1 Å². The summed E-state index contributed by atoms with van der Waals surface area (Å²) in [7, 11) is 0. The molecule has 4 amide bonds. The fourth-order valence-electron chi connectivity index (χ4n) is 2.34. The number of amides is 4. The van der Waals surface area contributed by atoms with E-state index < -0.39 is 60.2 Å². The van der Waals surface area contributed by atoms with Crippen LogP contribution in [0.2, 0.25) is 0 Å². The third-order valence-electron chi connectivity index (χ3n) is 3.98. The number of nitrogens with one attached hydrogen (secondary N) is 4. The Bertz CT molecular complexity index is 791. The van der Waals surface area contributed by atoms with Crippen LogP contribution in [0.3, 0.4) is 0 Å². The lowest BCUT2D eigenvalue weighted by atomic mass is 10.1. The molecule has 0 aliphatic rings. The molecule has 0 aliphatic carbocycles. The lowest BCUT2D eigenvalue weighted by Gasteiger charge is -2.23. The molecule has 1 heterocycles. The van der Waals surface area contributed by atoms with Crippen molar-refractivity contribution in [2.45, 2.75) is 37.0 Å². The minimum Gasteiger partial charge on any atom is -0.480 e. The Labute approximate surface area is 188 Å². The van der Waals surface area contributed by atoms with Gasteiger partial charge in [-0.2, -0.15) is 25.3 Å². The zero-order valence-corrected chi connectivity index (χ0v) is 18.1. The molecule has 0 spiro atoms. The van der Waals surface area contributed by atoms with Crippen molar-refractivity contribution < 1.29 is 29.1 Å². The van der Waals surface area contributed by atoms with Gasteiger partial charge in [-0.05, 0) is 0 Å². The number of nitrogens with zero attached hydrogens (tertiary/aromatic N) is 1. The maximum absolute atomic E-state index is 12.5. The molecule has 0 fully saturated rings. The molecule has 0 bridgehead atoms. The molecule has 1 aromatic heterocycles. The highest BCUT2D eigenvalue weighted by atomic mass is 32.1. The fraction of sp³-hybridized carbons (Fsp3) is 0.500. The summed E-state index contributed by atoms with van der Waals surface area (Å²) in [5.41, 5.74) is 11.0. The summed E-state index contributed by atoms with van der Waals surface area (Å²) in [5.74, 6) is -4.72. The molecule has 9 N–H and O–H groups in total. The van der Waals surface area contributed by atoms with Crippen molar-refractivity contribution >= 4 is 54.9 Å². The molecule has 0 aliphatic heterocycles. The molecule has 0 saturated heterocycles. The number of H-pyrrole nitrogens is 1. The molecule has 1 aromatic rings. The molecular formula is C16H25N7O6S2. The first-order chi connectivity index (χ1) is 14.6. The van der Waals surface area contributed by atoms with Gasteiger partial charge in [0.15, 0.2) is 0 Å². The monoisotopic (exact) mass is 475 g/mol. The summed E-state index contributed by atoms with van der Waals surface area (Å²) in [6, 6.07) is -4.90. The molecule has 4 unspecified atom stereocenters. The number of carbonyl (C=O) groups is 5. The number of primary amides is 1. The van der Waals surface area contributed by atoms with Crippen molar-refractivity contribution in [2.24, 2.45) is 11.5 Å². The summed E-state index contributed by atoms with van der Waals surface area (Å²) in [6.07, 6.45) is 2.32. The van der Waals surface area contributed by atoms with Gasteiger partial charge < -0.3 is 37.5 Å². The fourth-order valence-corrected chi connectivity index (χ4v) is 2.85. The second kappa shape index (κ2) is 12.8. The van der Waals surface area contributed by atoms with Gasteiger partial charge in [0.25, 0.3) is 0 Å². The molecule has 0 radical (unpaired) electrons. The number of carbonyl (C=O) groups excluding carboxylic acids is 4. The average molecular weight is 476 g/mol. The van der Waals surface area contributed by atoms with E-state index in [9.17, 15) is 29.1 Å². The molecule has 0 aromatic carbocycles. The number of nitrogens with two attached hydrogens (primary N) is 2. The Kier molecular flexibility index (Phi) is 10.8. The maximum atomic E-state index is 12.5. The Morgan fingerprint density at radius 3 is 1.94 bits per heavy atom. The predicted octanol–water partition coefficient (Wildman–Crippen LogP) is -3.45. The first-order valence-electron chi connectivity index (χ1n) is 8.95. The van der Waals surface area contributed by atoms with Gasteiger partial charge in [-0.25, -0.2) is 9.78 Å². The van der Waals surface area contributed by atoms with Crippen molar-refractivity contribution in [1.82, 2.24) is 25.9 Å². The minimum absolute atomic E-state index is 0.0542. The highest BCUT2D eigenvalue weighted by molar-refractivity contribution is 7.80. The number of aromatic nitrogens is 2. The second-order valence-electron chi connectivity index (χ2n) is 6.44. The third-order valence-corrected chi connectivity index (χ3v) is 4.71. The first kappa shape index (κ1) is 26.3. The number of aliphatic carboxylic acids is 1. The highest BCUT2D eigenvalue weighted by Crippen LogP contribution is 2.01. The summed E-state index contributed by atoms with van der Waals surface area (Å²) in [6.45, 7) is 0. The zero-order valence-electron chi connectivity index (χ0n) is 16.3. The zero-order chi connectivity index (χ0) is 23.6. The van der Waals surface area contributed by atoms with Gasteiger partial charge >= 0.3 is 5.97 Å². The van der Waals surface area contributed by atoms with E-state index >= 15 is 0 Å². The van der Waals surface area contributed by atoms with E-state index in [2.05, 4.69) is 51.2 Å². The molecule has 172 valence electrons. The van der Waals surface area contributed by atoms with Crippen molar-refractivity contribution in [1.29, 1.82) is 0 Å². The number of thiol groups is 2. The number of hydrogen-bond acceptors (Lipinski definition) is 9. The largest absolute Gasteiger partial charge is 0.480 e. The third kappa shape index (κ3) is 8.85. The van der Waals surface area contributed by atoms with Crippen molar-refractivity contribution in [3.05, 3.63) is 18.2 Å². The van der Waals surface area contributed by atoms with Crippen LogP contribution >= 0.6 is 25.3 Å². The SMILES string of the molecule is NC(=O)CC(N)C(=O)NC(CS)C(=O)NC(CS)C(=O)NC(Cc1cnc[nH]1)C(=O)O. The van der Waals surface area contributed by atoms with Gasteiger partial charge in [-0.15, -0.1) is 0 Å². The highest BCUT2D eigenvalue weighted by Gasteiger charge is 2.29. The molecular weight excluding hydrogens is 450 g/mol. The van der Waals surface area contributed by atoms with E-state index in [1.165, 1.54) is 12.5 Å². The quantitative estimate of drug-likeness (QED) is 0.130. The van der Waals surface area contributed by atoms with Crippen LogP contribution in [0.25, 0.3) is 0 Å². The van der Waals surface area contributed by atoms with Crippen LogP contribution in [-0.2, 0) is 30.4 Å². The van der Waals surface area contributed by atoms with E-state index in [1.54, 1.807) is 0 Å². The van der Waals surface area contributed by atoms with Crippen LogP contribution in [-0.4, -0.2) is 80.3 Å². The molecule has 13 nitrogen and oxygen atoms in total. The van der Waals surface area contributed by atoms with Crippen LogP contribution in [0.5, 0.6) is 0 Å². The molecule has 15 heteroatoms. The van der Waals surface area contributed by atoms with E-state index in [0.29, 0.717) is 5.69 Å².